The fourth-order valence-electron chi connectivity index (χ4n) is 2.81. The maximum Gasteiger partial charge on any atom is 0.433 e. The van der Waals surface area contributed by atoms with Crippen molar-refractivity contribution >= 4 is 23.9 Å². The summed E-state index contributed by atoms with van der Waals surface area (Å²) in [6.45, 7) is 4.31. The van der Waals surface area contributed by atoms with E-state index in [9.17, 15) is 18.0 Å². The van der Waals surface area contributed by atoms with Gasteiger partial charge in [-0.2, -0.15) is 13.2 Å². The molecule has 0 fully saturated rings. The number of carbonyl (C=O) groups is 1. The van der Waals surface area contributed by atoms with E-state index in [1.54, 1.807) is 0 Å². The van der Waals surface area contributed by atoms with E-state index >= 15 is 0 Å². The molecule has 0 atom stereocenters. The van der Waals surface area contributed by atoms with E-state index in [0.717, 1.165) is 17.6 Å². The summed E-state index contributed by atoms with van der Waals surface area (Å²) in [6.07, 6.45) is -0.766. The fourth-order valence-corrected chi connectivity index (χ4v) is 2.99. The van der Waals surface area contributed by atoms with Crippen LogP contribution < -0.4 is 11.1 Å². The molecule has 1 aliphatic carbocycles. The maximum absolute atomic E-state index is 12.8. The summed E-state index contributed by atoms with van der Waals surface area (Å²) in [4.78, 5) is 14.6. The number of alkyl halides is 3. The first-order valence-electron chi connectivity index (χ1n) is 8.05. The lowest BCUT2D eigenvalue weighted by atomic mass is 10.1. The Hall–Kier alpha value is -2.36. The summed E-state index contributed by atoms with van der Waals surface area (Å²) in [6, 6.07) is 1.00. The van der Waals surface area contributed by atoms with Crippen LogP contribution in [0.25, 0.3) is 0 Å². The predicted octanol–water partition coefficient (Wildman–Crippen LogP) is 3.95. The van der Waals surface area contributed by atoms with Crippen LogP contribution in [-0.2, 0) is 25.6 Å². The van der Waals surface area contributed by atoms with Crippen LogP contribution in [0.5, 0.6) is 0 Å². The van der Waals surface area contributed by atoms with Crippen LogP contribution in [0, 0.1) is 11.6 Å². The first kappa shape index (κ1) is 20.0. The molecule has 0 spiro atoms. The number of H-pyrrole nitrogens is 1. The van der Waals surface area contributed by atoms with Crippen LogP contribution in [0.4, 0.5) is 23.7 Å². The van der Waals surface area contributed by atoms with E-state index in [1.807, 2.05) is 16.9 Å². The number of primary amides is 1. The molecule has 0 saturated heterocycles. The molecule has 2 amide bonds. The summed E-state index contributed by atoms with van der Waals surface area (Å²) in [5.74, 6) is 0. The molecule has 2 aromatic heterocycles. The number of fused-ring (bicyclic) bond motifs is 1. The Bertz CT molecular complexity index is 857. The lowest BCUT2D eigenvalue weighted by Crippen LogP contribution is -2.23. The number of pyridine rings is 1. The average molecular weight is 387 g/mol. The number of aromatic nitrogens is 3. The summed E-state index contributed by atoms with van der Waals surface area (Å²) >= 11 is 4.82. The molecule has 10 heteroatoms. The van der Waals surface area contributed by atoms with Crippen molar-refractivity contribution < 1.29 is 18.0 Å². The number of aromatic amines is 1. The molecule has 0 aromatic carbocycles. The summed E-state index contributed by atoms with van der Waals surface area (Å²) in [7, 11) is 0. The molecular weight excluding hydrogens is 367 g/mol. The van der Waals surface area contributed by atoms with Gasteiger partial charge in [0.1, 0.15) is 10.3 Å². The first-order chi connectivity index (χ1) is 12.1. The smallest absolute Gasteiger partial charge is 0.351 e. The molecule has 26 heavy (non-hydrogen) atoms. The Balaban J connectivity index is 0.000000254. The zero-order valence-electron chi connectivity index (χ0n) is 14.4. The van der Waals surface area contributed by atoms with Crippen LogP contribution in [0.15, 0.2) is 12.3 Å². The van der Waals surface area contributed by atoms with E-state index in [1.165, 1.54) is 6.92 Å². The van der Waals surface area contributed by atoms with Crippen LogP contribution in [-0.4, -0.2) is 20.8 Å². The number of amides is 2. The molecule has 4 N–H and O–H groups in total. The van der Waals surface area contributed by atoms with E-state index in [2.05, 4.69) is 22.3 Å². The van der Waals surface area contributed by atoms with Crippen molar-refractivity contribution in [2.45, 2.75) is 45.8 Å². The highest BCUT2D eigenvalue weighted by Crippen LogP contribution is 2.38. The van der Waals surface area contributed by atoms with Gasteiger partial charge in [0.15, 0.2) is 0 Å². The quantitative estimate of drug-likeness (QED) is 0.682. The molecule has 142 valence electrons. The SMILES string of the molecule is CCn1ccc(=S)[nH]1.Cc1c(C(F)(F)F)nc2c(c1NC(N)=O)CCC2. The number of nitrogens with two attached hydrogens (primary N) is 1. The Morgan fingerprint density at radius 1 is 1.46 bits per heavy atom. The molecule has 0 aliphatic heterocycles. The molecule has 0 unspecified atom stereocenters. The fraction of sp³-hybridized carbons (Fsp3) is 0.438. The number of aryl methyl sites for hydroxylation is 2. The molecular formula is C16H20F3N5OS. The number of hydrogen-bond acceptors (Lipinski definition) is 3. The van der Waals surface area contributed by atoms with Gasteiger partial charge in [-0.3, -0.25) is 9.78 Å². The van der Waals surface area contributed by atoms with Gasteiger partial charge in [0, 0.05) is 24.0 Å². The highest BCUT2D eigenvalue weighted by Gasteiger charge is 2.37. The highest BCUT2D eigenvalue weighted by atomic mass is 32.1. The minimum atomic E-state index is -4.53. The molecule has 6 nitrogen and oxygen atoms in total. The summed E-state index contributed by atoms with van der Waals surface area (Å²) in [5.41, 5.74) is 5.19. The van der Waals surface area contributed by atoms with Gasteiger partial charge in [0.05, 0.1) is 5.69 Å². The Morgan fingerprint density at radius 3 is 2.62 bits per heavy atom. The molecule has 2 aromatic rings. The van der Waals surface area contributed by atoms with E-state index in [0.29, 0.717) is 24.1 Å². The number of rotatable bonds is 2. The van der Waals surface area contributed by atoms with Gasteiger partial charge in [-0.15, -0.1) is 0 Å². The Morgan fingerprint density at radius 2 is 2.15 bits per heavy atom. The zero-order chi connectivity index (χ0) is 19.5. The molecule has 0 saturated carbocycles. The van der Waals surface area contributed by atoms with Crippen molar-refractivity contribution in [3.8, 4) is 0 Å². The van der Waals surface area contributed by atoms with Crippen molar-refractivity contribution in [2.75, 3.05) is 5.32 Å². The van der Waals surface area contributed by atoms with E-state index in [4.69, 9.17) is 18.0 Å². The number of nitrogens with one attached hydrogen (secondary N) is 2. The van der Waals surface area contributed by atoms with Gasteiger partial charge in [-0.05, 0) is 44.7 Å². The van der Waals surface area contributed by atoms with Gasteiger partial charge < -0.3 is 11.1 Å². The largest absolute Gasteiger partial charge is 0.433 e. The van der Waals surface area contributed by atoms with Gasteiger partial charge in [0.2, 0.25) is 0 Å². The van der Waals surface area contributed by atoms with Crippen LogP contribution in [0.1, 0.15) is 35.9 Å². The number of urea groups is 1. The lowest BCUT2D eigenvalue weighted by Gasteiger charge is -2.17. The summed E-state index contributed by atoms with van der Waals surface area (Å²) in [5, 5.41) is 5.24. The first-order valence-corrected chi connectivity index (χ1v) is 8.45. The number of anilines is 1. The van der Waals surface area contributed by atoms with Crippen LogP contribution in [0.3, 0.4) is 0 Å². The predicted molar refractivity (Wildman–Crippen MR) is 94.5 cm³/mol. The van der Waals surface area contributed by atoms with Gasteiger partial charge in [-0.1, -0.05) is 12.2 Å². The zero-order valence-corrected chi connectivity index (χ0v) is 15.2. The van der Waals surface area contributed by atoms with Crippen molar-refractivity contribution in [1.82, 2.24) is 14.8 Å². The molecule has 0 radical (unpaired) electrons. The lowest BCUT2D eigenvalue weighted by molar-refractivity contribution is -0.141. The number of carbonyl (C=O) groups excluding carboxylic acids is 1. The molecule has 0 bridgehead atoms. The van der Waals surface area contributed by atoms with E-state index < -0.39 is 17.9 Å². The Kier molecular flexibility index (Phi) is 6.06. The third-order valence-corrected chi connectivity index (χ3v) is 4.21. The minimum absolute atomic E-state index is 0.0815. The monoisotopic (exact) mass is 387 g/mol. The van der Waals surface area contributed by atoms with Gasteiger partial charge in [-0.25, -0.2) is 9.78 Å². The number of nitrogens with zero attached hydrogens (tertiary/aromatic N) is 2. The van der Waals surface area contributed by atoms with Crippen LogP contribution >= 0.6 is 12.2 Å². The van der Waals surface area contributed by atoms with Crippen LogP contribution in [0.2, 0.25) is 0 Å². The minimum Gasteiger partial charge on any atom is -0.351 e. The molecule has 2 heterocycles. The molecule has 1 aliphatic rings. The normalized spacial score (nSPS) is 13.0. The topological polar surface area (TPSA) is 88.7 Å². The van der Waals surface area contributed by atoms with Crippen molar-refractivity contribution in [1.29, 1.82) is 0 Å². The van der Waals surface area contributed by atoms with Gasteiger partial charge in [0.25, 0.3) is 0 Å². The standard InChI is InChI=1S/C11H12F3N3O.C5H8N2S/c1-5-8(17-10(15)18)6-3-2-4-7(6)16-9(5)11(12,13)14;1-2-7-4-3-5(8)6-7/h2-4H2,1H3,(H3,15,16,17,18);3-4H,2H2,1H3,(H,6,8). The second-order valence-corrected chi connectivity index (χ2v) is 6.24. The highest BCUT2D eigenvalue weighted by molar-refractivity contribution is 7.71. The third kappa shape index (κ3) is 4.63. The van der Waals surface area contributed by atoms with Gasteiger partial charge >= 0.3 is 12.2 Å². The average Bonchev–Trinajstić information content (AvgIpc) is 3.17. The maximum atomic E-state index is 12.8. The number of hydrogen-bond donors (Lipinski definition) is 3. The summed E-state index contributed by atoms with van der Waals surface area (Å²) < 4.78 is 41.2. The third-order valence-electron chi connectivity index (χ3n) is 3.98. The van der Waals surface area contributed by atoms with Crippen molar-refractivity contribution in [3.05, 3.63) is 39.4 Å². The van der Waals surface area contributed by atoms with E-state index in [-0.39, 0.29) is 11.3 Å². The number of halogens is 3. The second kappa shape index (κ2) is 7.90. The second-order valence-electron chi connectivity index (χ2n) is 5.80. The van der Waals surface area contributed by atoms with Crippen molar-refractivity contribution in [2.24, 2.45) is 5.73 Å². The Labute approximate surface area is 153 Å². The molecule has 3 rings (SSSR count). The van der Waals surface area contributed by atoms with Crippen molar-refractivity contribution in [3.63, 3.8) is 0 Å².